The summed E-state index contributed by atoms with van der Waals surface area (Å²) >= 11 is 0. The van der Waals surface area contributed by atoms with Crippen molar-refractivity contribution in [2.75, 3.05) is 20.1 Å². The number of hydrogen-bond donors (Lipinski definition) is 0. The first-order chi connectivity index (χ1) is 8.56. The largest absolute Gasteiger partial charge is 0.333 e. The predicted octanol–water partition coefficient (Wildman–Crippen LogP) is 1.66. The number of rotatable bonds is 1. The van der Waals surface area contributed by atoms with Crippen LogP contribution in [-0.4, -0.2) is 47.9 Å². The topological polar surface area (TPSA) is 23.6 Å². The molecule has 2 atom stereocenters. The third-order valence-corrected chi connectivity index (χ3v) is 4.13. The number of carbonyl (C=O) groups excluding carboxylic acids is 1. The zero-order chi connectivity index (χ0) is 12.9. The van der Waals surface area contributed by atoms with Gasteiger partial charge in [0.1, 0.15) is 5.82 Å². The molecule has 2 heterocycles. The first-order valence-corrected chi connectivity index (χ1v) is 6.33. The van der Waals surface area contributed by atoms with Crippen LogP contribution in [0, 0.1) is 12.7 Å². The summed E-state index contributed by atoms with van der Waals surface area (Å²) in [5, 5.41) is 0. The van der Waals surface area contributed by atoms with Crippen molar-refractivity contribution in [3.8, 4) is 0 Å². The van der Waals surface area contributed by atoms with Gasteiger partial charge in [-0.15, -0.1) is 0 Å². The third-order valence-electron chi connectivity index (χ3n) is 4.13. The van der Waals surface area contributed by atoms with Gasteiger partial charge in [0.25, 0.3) is 5.91 Å². The minimum Gasteiger partial charge on any atom is -0.333 e. The van der Waals surface area contributed by atoms with Gasteiger partial charge in [-0.25, -0.2) is 4.39 Å². The Hall–Kier alpha value is -1.42. The van der Waals surface area contributed by atoms with E-state index < -0.39 is 5.82 Å². The SMILES string of the molecule is Cc1ccc(C(=O)N2C[C@@H]3CC2CN3C)c(F)c1. The number of piperazine rings is 1. The maximum absolute atomic E-state index is 13.8. The summed E-state index contributed by atoms with van der Waals surface area (Å²) in [6, 6.07) is 5.52. The van der Waals surface area contributed by atoms with Gasteiger partial charge in [0.05, 0.1) is 5.56 Å². The van der Waals surface area contributed by atoms with Crippen molar-refractivity contribution in [2.24, 2.45) is 0 Å². The Morgan fingerprint density at radius 1 is 1.33 bits per heavy atom. The second kappa shape index (κ2) is 4.05. The van der Waals surface area contributed by atoms with Crippen molar-refractivity contribution in [1.82, 2.24) is 9.80 Å². The summed E-state index contributed by atoms with van der Waals surface area (Å²) in [6.07, 6.45) is 1.02. The van der Waals surface area contributed by atoms with Crippen LogP contribution < -0.4 is 0 Å². The highest BCUT2D eigenvalue weighted by Gasteiger charge is 2.44. The summed E-state index contributed by atoms with van der Waals surface area (Å²) in [5.41, 5.74) is 1.04. The lowest BCUT2D eigenvalue weighted by Gasteiger charge is -2.32. The molecular formula is C14H17FN2O. The van der Waals surface area contributed by atoms with Crippen LogP contribution in [0.4, 0.5) is 4.39 Å². The lowest BCUT2D eigenvalue weighted by atomic mass is 10.1. The van der Waals surface area contributed by atoms with Gasteiger partial charge >= 0.3 is 0 Å². The molecule has 0 aromatic heterocycles. The zero-order valence-electron chi connectivity index (χ0n) is 10.7. The van der Waals surface area contributed by atoms with Crippen molar-refractivity contribution in [3.63, 3.8) is 0 Å². The molecule has 3 nitrogen and oxygen atoms in total. The van der Waals surface area contributed by atoms with Gasteiger partial charge in [-0.2, -0.15) is 0 Å². The van der Waals surface area contributed by atoms with E-state index in [-0.39, 0.29) is 17.5 Å². The number of nitrogens with zero attached hydrogens (tertiary/aromatic N) is 2. The summed E-state index contributed by atoms with van der Waals surface area (Å²) in [4.78, 5) is 16.5. The maximum Gasteiger partial charge on any atom is 0.257 e. The van der Waals surface area contributed by atoms with E-state index in [1.807, 2.05) is 11.8 Å². The summed E-state index contributed by atoms with van der Waals surface area (Å²) in [7, 11) is 2.08. The first-order valence-electron chi connectivity index (χ1n) is 6.33. The molecule has 3 rings (SSSR count). The molecule has 96 valence electrons. The van der Waals surface area contributed by atoms with E-state index in [2.05, 4.69) is 11.9 Å². The van der Waals surface area contributed by atoms with Gasteiger partial charge < -0.3 is 4.90 Å². The Labute approximate surface area is 106 Å². The summed E-state index contributed by atoms with van der Waals surface area (Å²) < 4.78 is 13.8. The molecule has 2 aliphatic heterocycles. The predicted molar refractivity (Wildman–Crippen MR) is 67.0 cm³/mol. The average Bonchev–Trinajstić information content (AvgIpc) is 2.86. The van der Waals surface area contributed by atoms with Gasteiger partial charge in [-0.05, 0) is 38.1 Å². The van der Waals surface area contributed by atoms with Crippen molar-refractivity contribution in [2.45, 2.75) is 25.4 Å². The molecule has 4 heteroatoms. The molecule has 18 heavy (non-hydrogen) atoms. The second-order valence-electron chi connectivity index (χ2n) is 5.42. The monoisotopic (exact) mass is 248 g/mol. The van der Waals surface area contributed by atoms with Crippen LogP contribution in [0.15, 0.2) is 18.2 Å². The molecule has 2 bridgehead atoms. The zero-order valence-corrected chi connectivity index (χ0v) is 10.7. The van der Waals surface area contributed by atoms with E-state index in [0.29, 0.717) is 6.04 Å². The Bertz CT molecular complexity index is 501. The standard InChI is InChI=1S/C14H17FN2O/c1-9-3-4-12(13(15)5-9)14(18)17-8-10-6-11(17)7-16(10)2/h3-5,10-11H,6-8H2,1-2H3/t10-,11?/m0/s1. The molecule has 1 unspecified atom stereocenters. The van der Waals surface area contributed by atoms with Crippen molar-refractivity contribution < 1.29 is 9.18 Å². The molecule has 0 saturated carbocycles. The molecular weight excluding hydrogens is 231 g/mol. The van der Waals surface area contributed by atoms with Crippen LogP contribution in [0.25, 0.3) is 0 Å². The third kappa shape index (κ3) is 1.72. The normalized spacial score (nSPS) is 26.9. The number of benzene rings is 1. The van der Waals surface area contributed by atoms with Gasteiger partial charge in [0.2, 0.25) is 0 Å². The fourth-order valence-corrected chi connectivity index (χ4v) is 3.06. The van der Waals surface area contributed by atoms with E-state index in [0.717, 1.165) is 25.1 Å². The fraction of sp³-hybridized carbons (Fsp3) is 0.500. The second-order valence-corrected chi connectivity index (χ2v) is 5.42. The van der Waals surface area contributed by atoms with Crippen molar-refractivity contribution in [3.05, 3.63) is 35.1 Å². The van der Waals surface area contributed by atoms with Crippen LogP contribution in [0.1, 0.15) is 22.3 Å². The highest BCUT2D eigenvalue weighted by Crippen LogP contribution is 2.30. The smallest absolute Gasteiger partial charge is 0.257 e. The Morgan fingerprint density at radius 2 is 2.11 bits per heavy atom. The van der Waals surface area contributed by atoms with Gasteiger partial charge in [-0.1, -0.05) is 6.07 Å². The molecule has 0 spiro atoms. The van der Waals surface area contributed by atoms with Gasteiger partial charge in [-0.3, -0.25) is 9.69 Å². The minimum atomic E-state index is -0.406. The molecule has 2 saturated heterocycles. The van der Waals surface area contributed by atoms with E-state index in [1.54, 1.807) is 12.1 Å². The van der Waals surface area contributed by atoms with Gasteiger partial charge in [0.15, 0.2) is 0 Å². The highest BCUT2D eigenvalue weighted by atomic mass is 19.1. The summed E-state index contributed by atoms with van der Waals surface area (Å²) in [5.74, 6) is -0.566. The number of aryl methyl sites for hydroxylation is 1. The van der Waals surface area contributed by atoms with Crippen molar-refractivity contribution in [1.29, 1.82) is 0 Å². The highest BCUT2D eigenvalue weighted by molar-refractivity contribution is 5.95. The van der Waals surface area contributed by atoms with Gasteiger partial charge in [0, 0.05) is 25.2 Å². The average molecular weight is 248 g/mol. The summed E-state index contributed by atoms with van der Waals surface area (Å²) in [6.45, 7) is 3.46. The van der Waals surface area contributed by atoms with E-state index >= 15 is 0 Å². The Kier molecular flexibility index (Phi) is 2.63. The van der Waals surface area contributed by atoms with E-state index in [1.165, 1.54) is 6.07 Å². The molecule has 0 radical (unpaired) electrons. The number of carbonyl (C=O) groups is 1. The number of halogens is 1. The quantitative estimate of drug-likeness (QED) is 0.754. The fourth-order valence-electron chi connectivity index (χ4n) is 3.06. The molecule has 1 aromatic rings. The van der Waals surface area contributed by atoms with Crippen LogP contribution in [0.5, 0.6) is 0 Å². The Balaban J connectivity index is 1.84. The van der Waals surface area contributed by atoms with Crippen LogP contribution in [0.3, 0.4) is 0 Å². The van der Waals surface area contributed by atoms with Crippen LogP contribution in [-0.2, 0) is 0 Å². The molecule has 1 aromatic carbocycles. The molecule has 2 fully saturated rings. The van der Waals surface area contributed by atoms with Crippen molar-refractivity contribution >= 4 is 5.91 Å². The molecule has 0 N–H and O–H groups in total. The number of fused-ring (bicyclic) bond motifs is 2. The number of likely N-dealkylation sites (N-methyl/N-ethyl adjacent to an activating group) is 1. The Morgan fingerprint density at radius 3 is 2.67 bits per heavy atom. The lowest BCUT2D eigenvalue weighted by molar-refractivity contribution is 0.0646. The van der Waals surface area contributed by atoms with Crippen LogP contribution in [0.2, 0.25) is 0 Å². The minimum absolute atomic E-state index is 0.159. The molecule has 2 aliphatic rings. The molecule has 1 amide bonds. The van der Waals surface area contributed by atoms with E-state index in [9.17, 15) is 9.18 Å². The van der Waals surface area contributed by atoms with Crippen LogP contribution >= 0.6 is 0 Å². The molecule has 0 aliphatic carbocycles. The number of hydrogen-bond acceptors (Lipinski definition) is 2. The lowest BCUT2D eigenvalue weighted by Crippen LogP contribution is -2.47. The number of amides is 1. The number of likely N-dealkylation sites (tertiary alicyclic amines) is 2. The first kappa shape index (κ1) is 11.7. The van der Waals surface area contributed by atoms with E-state index in [4.69, 9.17) is 0 Å². The maximum atomic E-state index is 13.8.